The van der Waals surface area contributed by atoms with E-state index in [2.05, 4.69) is 17.6 Å². The van der Waals surface area contributed by atoms with Crippen molar-refractivity contribution in [3.63, 3.8) is 0 Å². The Labute approximate surface area is 180 Å². The zero-order valence-corrected chi connectivity index (χ0v) is 18.9. The number of carbonyl (C=O) groups is 2. The first-order valence-corrected chi connectivity index (χ1v) is 12.1. The highest BCUT2D eigenvalue weighted by Gasteiger charge is 2.19. The molecule has 29 heavy (non-hydrogen) atoms. The second-order valence-electron chi connectivity index (χ2n) is 7.62. The first kappa shape index (κ1) is 25.3. The number of benzene rings is 1. The van der Waals surface area contributed by atoms with E-state index >= 15 is 0 Å². The van der Waals surface area contributed by atoms with Crippen molar-refractivity contribution in [1.29, 1.82) is 0 Å². The van der Waals surface area contributed by atoms with Crippen LogP contribution >= 0.6 is 11.8 Å². The normalized spacial score (nSPS) is 11.8. The van der Waals surface area contributed by atoms with Gasteiger partial charge in [-0.15, -0.1) is 0 Å². The molecule has 0 heterocycles. The number of amides is 2. The van der Waals surface area contributed by atoms with Crippen molar-refractivity contribution in [2.45, 2.75) is 84.1 Å². The number of unbranched alkanes of at least 4 members (excludes halogenated alkanes) is 9. The van der Waals surface area contributed by atoms with E-state index in [-0.39, 0.29) is 0 Å². The van der Waals surface area contributed by atoms with Crippen LogP contribution in [0.4, 0.5) is 10.5 Å². The van der Waals surface area contributed by atoms with Gasteiger partial charge in [-0.2, -0.15) is 11.8 Å². The van der Waals surface area contributed by atoms with Gasteiger partial charge in [-0.1, -0.05) is 76.8 Å². The topological polar surface area (TPSA) is 78.4 Å². The molecule has 0 spiro atoms. The third-order valence-electron chi connectivity index (χ3n) is 4.81. The van der Waals surface area contributed by atoms with Crippen LogP contribution in [-0.4, -0.2) is 34.7 Å². The van der Waals surface area contributed by atoms with Gasteiger partial charge in [0.25, 0.3) is 0 Å². The molecule has 3 N–H and O–H groups in total. The van der Waals surface area contributed by atoms with E-state index in [1.807, 2.05) is 25.1 Å². The van der Waals surface area contributed by atoms with Crippen LogP contribution in [-0.2, 0) is 4.79 Å². The van der Waals surface area contributed by atoms with Crippen LogP contribution in [0.5, 0.6) is 0 Å². The lowest BCUT2D eigenvalue weighted by atomic mass is 10.1. The number of thioether (sulfide) groups is 1. The monoisotopic (exact) mass is 422 g/mol. The van der Waals surface area contributed by atoms with Gasteiger partial charge in [0, 0.05) is 11.4 Å². The summed E-state index contributed by atoms with van der Waals surface area (Å²) in [4.78, 5) is 23.5. The predicted molar refractivity (Wildman–Crippen MR) is 124 cm³/mol. The fourth-order valence-corrected chi connectivity index (χ4v) is 4.15. The molecule has 0 radical (unpaired) electrons. The zero-order valence-electron chi connectivity index (χ0n) is 18.0. The molecule has 1 rings (SSSR count). The minimum Gasteiger partial charge on any atom is -0.480 e. The average Bonchev–Trinajstić information content (AvgIpc) is 2.67. The third kappa shape index (κ3) is 13.2. The minimum atomic E-state index is -1.00. The number of aryl methyl sites for hydroxylation is 1. The quantitative estimate of drug-likeness (QED) is 0.276. The van der Waals surface area contributed by atoms with Crippen LogP contribution in [0.25, 0.3) is 0 Å². The lowest BCUT2D eigenvalue weighted by Crippen LogP contribution is -2.44. The van der Waals surface area contributed by atoms with Crippen molar-refractivity contribution in [1.82, 2.24) is 5.32 Å². The molecule has 0 saturated carbocycles. The molecular formula is C23H38N2O3S. The van der Waals surface area contributed by atoms with E-state index < -0.39 is 18.0 Å². The van der Waals surface area contributed by atoms with Gasteiger partial charge in [0.1, 0.15) is 6.04 Å². The van der Waals surface area contributed by atoms with Gasteiger partial charge >= 0.3 is 12.0 Å². The number of anilines is 1. The van der Waals surface area contributed by atoms with E-state index in [1.165, 1.54) is 57.8 Å². The van der Waals surface area contributed by atoms with Gasteiger partial charge in [0.2, 0.25) is 0 Å². The molecular weight excluding hydrogens is 384 g/mol. The molecule has 2 amide bonds. The second kappa shape index (κ2) is 16.1. The van der Waals surface area contributed by atoms with Crippen molar-refractivity contribution >= 4 is 29.4 Å². The number of nitrogens with one attached hydrogen (secondary N) is 2. The summed E-state index contributed by atoms with van der Waals surface area (Å²) in [6, 6.07) is 6.04. The van der Waals surface area contributed by atoms with E-state index in [1.54, 1.807) is 17.8 Å². The van der Waals surface area contributed by atoms with E-state index in [0.29, 0.717) is 11.4 Å². The van der Waals surface area contributed by atoms with E-state index in [9.17, 15) is 14.7 Å². The molecule has 1 atom stereocenters. The maximum atomic E-state index is 12.1. The Bertz CT molecular complexity index is 595. The van der Waals surface area contributed by atoms with Crippen molar-refractivity contribution < 1.29 is 14.7 Å². The Morgan fingerprint density at radius 3 is 2.21 bits per heavy atom. The zero-order chi connectivity index (χ0) is 21.3. The number of hydrogen-bond donors (Lipinski definition) is 3. The molecule has 164 valence electrons. The number of hydrogen-bond acceptors (Lipinski definition) is 3. The Hall–Kier alpha value is -1.69. The van der Waals surface area contributed by atoms with Crippen molar-refractivity contribution in [3.8, 4) is 0 Å². The van der Waals surface area contributed by atoms with Gasteiger partial charge in [-0.3, -0.25) is 0 Å². The SMILES string of the molecule is CCCCCCCCCCCCSCC(NC(=O)Nc1cccc(C)c1)C(=O)O. The highest BCUT2D eigenvalue weighted by Crippen LogP contribution is 2.13. The third-order valence-corrected chi connectivity index (χ3v) is 5.95. The predicted octanol–water partition coefficient (Wildman–Crippen LogP) is 6.22. The van der Waals surface area contributed by atoms with Crippen molar-refractivity contribution in [2.24, 2.45) is 0 Å². The van der Waals surface area contributed by atoms with Crippen LogP contribution in [0.2, 0.25) is 0 Å². The standard InChI is InChI=1S/C23H38N2O3S/c1-3-4-5-6-7-8-9-10-11-12-16-29-18-21(22(26)27)25-23(28)24-20-15-13-14-19(2)17-20/h13-15,17,21H,3-12,16,18H2,1-2H3,(H,26,27)(H2,24,25,28). The van der Waals surface area contributed by atoms with Gasteiger partial charge in [-0.05, 0) is 36.8 Å². The average molecular weight is 423 g/mol. The number of rotatable bonds is 16. The smallest absolute Gasteiger partial charge is 0.327 e. The number of carbonyl (C=O) groups excluding carboxylic acids is 1. The van der Waals surface area contributed by atoms with Crippen LogP contribution in [0.1, 0.15) is 76.7 Å². The molecule has 0 fully saturated rings. The van der Waals surface area contributed by atoms with Gasteiger partial charge in [0.05, 0.1) is 0 Å². The van der Waals surface area contributed by atoms with Crippen molar-refractivity contribution in [3.05, 3.63) is 29.8 Å². The minimum absolute atomic E-state index is 0.383. The van der Waals surface area contributed by atoms with Crippen LogP contribution in [0, 0.1) is 6.92 Å². The summed E-state index contributed by atoms with van der Waals surface area (Å²) in [5.74, 6) is 0.315. The van der Waals surface area contributed by atoms with Gasteiger partial charge in [-0.25, -0.2) is 9.59 Å². The molecule has 1 aromatic rings. The van der Waals surface area contributed by atoms with E-state index in [4.69, 9.17) is 0 Å². The van der Waals surface area contributed by atoms with Crippen molar-refractivity contribution in [2.75, 3.05) is 16.8 Å². The second-order valence-corrected chi connectivity index (χ2v) is 8.77. The largest absolute Gasteiger partial charge is 0.480 e. The number of carboxylic acid groups (broad SMARTS) is 1. The summed E-state index contributed by atoms with van der Waals surface area (Å²) in [6.07, 6.45) is 12.9. The Morgan fingerprint density at radius 1 is 1.00 bits per heavy atom. The molecule has 6 heteroatoms. The number of carboxylic acids is 1. The number of urea groups is 1. The molecule has 0 saturated heterocycles. The van der Waals surface area contributed by atoms with Crippen LogP contribution < -0.4 is 10.6 Å². The summed E-state index contributed by atoms with van der Waals surface area (Å²) in [5.41, 5.74) is 1.69. The van der Waals surface area contributed by atoms with Gasteiger partial charge < -0.3 is 15.7 Å². The molecule has 5 nitrogen and oxygen atoms in total. The fourth-order valence-electron chi connectivity index (χ4n) is 3.12. The van der Waals surface area contributed by atoms with Crippen LogP contribution in [0.15, 0.2) is 24.3 Å². The first-order chi connectivity index (χ1) is 14.0. The number of aliphatic carboxylic acids is 1. The molecule has 0 aliphatic heterocycles. The Morgan fingerprint density at radius 2 is 1.62 bits per heavy atom. The molecule has 1 aromatic carbocycles. The summed E-state index contributed by atoms with van der Waals surface area (Å²) < 4.78 is 0. The lowest BCUT2D eigenvalue weighted by molar-refractivity contribution is -0.138. The highest BCUT2D eigenvalue weighted by atomic mass is 32.2. The summed E-state index contributed by atoms with van der Waals surface area (Å²) in [5, 5.41) is 14.6. The highest BCUT2D eigenvalue weighted by molar-refractivity contribution is 7.99. The molecule has 0 aliphatic rings. The van der Waals surface area contributed by atoms with Crippen LogP contribution in [0.3, 0.4) is 0 Å². The Balaban J connectivity index is 2.10. The first-order valence-electron chi connectivity index (χ1n) is 11.0. The maximum Gasteiger partial charge on any atom is 0.327 e. The molecule has 0 aliphatic carbocycles. The lowest BCUT2D eigenvalue weighted by Gasteiger charge is -2.15. The molecule has 1 unspecified atom stereocenters. The molecule has 0 bridgehead atoms. The Kier molecular flexibility index (Phi) is 14.1. The fraction of sp³-hybridized carbons (Fsp3) is 0.652. The summed E-state index contributed by atoms with van der Waals surface area (Å²) in [6.45, 7) is 4.18. The maximum absolute atomic E-state index is 12.1. The van der Waals surface area contributed by atoms with E-state index in [0.717, 1.165) is 17.7 Å². The summed E-state index contributed by atoms with van der Waals surface area (Å²) >= 11 is 1.59. The van der Waals surface area contributed by atoms with Gasteiger partial charge in [0.15, 0.2) is 0 Å². The summed E-state index contributed by atoms with van der Waals surface area (Å²) in [7, 11) is 0. The molecule has 0 aromatic heterocycles.